The van der Waals surface area contributed by atoms with Gasteiger partial charge in [0.25, 0.3) is 0 Å². The second kappa shape index (κ2) is 5.77. The Morgan fingerprint density at radius 2 is 1.67 bits per heavy atom. The van der Waals surface area contributed by atoms with E-state index in [0.29, 0.717) is 0 Å². The standard InChI is InChI=1S/C8H11Se/c1-4-7-9(6-3)8-5-2/h1-2H,6-8H2,3H3/q+1. The van der Waals surface area contributed by atoms with Crippen molar-refractivity contribution in [2.45, 2.75) is 22.9 Å². The molecule has 0 nitrogen and oxygen atoms in total. The van der Waals surface area contributed by atoms with Gasteiger partial charge in [-0.15, -0.1) is 0 Å². The molecule has 0 aliphatic rings. The molecular weight excluding hydrogens is 175 g/mol. The Hall–Kier alpha value is -0.361. The minimum absolute atomic E-state index is 0.562. The van der Waals surface area contributed by atoms with Gasteiger partial charge in [0, 0.05) is 0 Å². The summed E-state index contributed by atoms with van der Waals surface area (Å²) in [4.78, 5) is 0. The summed E-state index contributed by atoms with van der Waals surface area (Å²) in [5.41, 5.74) is 0. The molecule has 0 amide bonds. The Kier molecular flexibility index (Phi) is 5.54. The van der Waals surface area contributed by atoms with Gasteiger partial charge in [-0.1, -0.05) is 0 Å². The van der Waals surface area contributed by atoms with Gasteiger partial charge in [-0.2, -0.15) is 0 Å². The zero-order valence-electron chi connectivity index (χ0n) is 5.68. The average Bonchev–Trinajstić information content (AvgIpc) is 1.88. The van der Waals surface area contributed by atoms with Crippen molar-refractivity contribution in [3.8, 4) is 24.7 Å². The van der Waals surface area contributed by atoms with Gasteiger partial charge < -0.3 is 0 Å². The van der Waals surface area contributed by atoms with E-state index in [1.807, 2.05) is 0 Å². The van der Waals surface area contributed by atoms with Crippen LogP contribution in [0.15, 0.2) is 0 Å². The van der Waals surface area contributed by atoms with Gasteiger partial charge in [-0.25, -0.2) is 0 Å². The van der Waals surface area contributed by atoms with Gasteiger partial charge in [-0.3, -0.25) is 0 Å². The number of rotatable bonds is 3. The molecule has 0 unspecified atom stereocenters. The maximum absolute atomic E-state index is 5.15. The summed E-state index contributed by atoms with van der Waals surface area (Å²) >= 11 is -0.562. The third kappa shape index (κ3) is 4.16. The zero-order chi connectivity index (χ0) is 7.11. The third-order valence-electron chi connectivity index (χ3n) is 0.983. The first-order chi connectivity index (χ1) is 4.35. The van der Waals surface area contributed by atoms with Crippen LogP contribution in [0.2, 0.25) is 16.0 Å². The first kappa shape index (κ1) is 8.64. The van der Waals surface area contributed by atoms with Crippen molar-refractivity contribution in [2.75, 3.05) is 0 Å². The molecular formula is C8H11Se+. The van der Waals surface area contributed by atoms with Crippen molar-refractivity contribution < 1.29 is 0 Å². The van der Waals surface area contributed by atoms with Crippen molar-refractivity contribution in [2.24, 2.45) is 0 Å². The molecule has 0 aliphatic heterocycles. The molecule has 9 heavy (non-hydrogen) atoms. The molecule has 0 aromatic rings. The van der Waals surface area contributed by atoms with E-state index in [2.05, 4.69) is 18.8 Å². The zero-order valence-corrected chi connectivity index (χ0v) is 7.40. The fourth-order valence-corrected chi connectivity index (χ4v) is 2.55. The second-order valence-corrected chi connectivity index (χ2v) is 6.59. The van der Waals surface area contributed by atoms with Crippen LogP contribution in [-0.4, -0.2) is 13.9 Å². The van der Waals surface area contributed by atoms with Gasteiger partial charge in [0.1, 0.15) is 0 Å². The molecule has 0 aromatic heterocycles. The topological polar surface area (TPSA) is 0 Å². The van der Waals surface area contributed by atoms with Crippen LogP contribution in [0, 0.1) is 24.7 Å². The van der Waals surface area contributed by atoms with Crippen molar-refractivity contribution in [1.29, 1.82) is 0 Å². The summed E-state index contributed by atoms with van der Waals surface area (Å²) in [5, 5.41) is 3.11. The molecule has 0 spiro atoms. The van der Waals surface area contributed by atoms with E-state index in [1.54, 1.807) is 0 Å². The molecule has 48 valence electrons. The Morgan fingerprint density at radius 1 is 1.22 bits per heavy atom. The summed E-state index contributed by atoms with van der Waals surface area (Å²) in [6.45, 7) is 2.17. The van der Waals surface area contributed by atoms with Crippen molar-refractivity contribution in [1.82, 2.24) is 0 Å². The fourth-order valence-electron chi connectivity index (χ4n) is 0.491. The number of hydrogen-bond donors (Lipinski definition) is 0. The fraction of sp³-hybridized carbons (Fsp3) is 0.500. The van der Waals surface area contributed by atoms with E-state index in [4.69, 9.17) is 12.8 Å². The van der Waals surface area contributed by atoms with Gasteiger partial charge >= 0.3 is 61.5 Å². The Balaban J connectivity index is 3.47. The molecule has 0 heterocycles. The molecule has 0 atom stereocenters. The molecule has 0 aromatic carbocycles. The monoisotopic (exact) mass is 187 g/mol. The minimum atomic E-state index is -0.562. The van der Waals surface area contributed by atoms with Gasteiger partial charge in [-0.05, 0) is 0 Å². The molecule has 0 saturated heterocycles. The van der Waals surface area contributed by atoms with Gasteiger partial charge in [0.2, 0.25) is 0 Å². The molecule has 1 heteroatoms. The van der Waals surface area contributed by atoms with E-state index < -0.39 is 13.9 Å². The van der Waals surface area contributed by atoms with Crippen LogP contribution in [0.3, 0.4) is 0 Å². The second-order valence-electron chi connectivity index (χ2n) is 1.60. The Bertz CT molecular complexity index is 120. The van der Waals surface area contributed by atoms with Gasteiger partial charge in [0.05, 0.1) is 0 Å². The van der Waals surface area contributed by atoms with Crippen LogP contribution in [0.5, 0.6) is 0 Å². The molecule has 0 N–H and O–H groups in total. The van der Waals surface area contributed by atoms with E-state index in [1.165, 1.54) is 5.32 Å². The van der Waals surface area contributed by atoms with Crippen LogP contribution in [0.4, 0.5) is 0 Å². The SMILES string of the molecule is C#CC[Se+](CC)CC#C. The van der Waals surface area contributed by atoms with Crippen LogP contribution in [0.1, 0.15) is 6.92 Å². The molecule has 0 radical (unpaired) electrons. The van der Waals surface area contributed by atoms with Crippen LogP contribution in [-0.2, 0) is 0 Å². The van der Waals surface area contributed by atoms with Crippen molar-refractivity contribution in [3.63, 3.8) is 0 Å². The van der Waals surface area contributed by atoms with Crippen LogP contribution < -0.4 is 0 Å². The third-order valence-corrected chi connectivity index (χ3v) is 5.11. The summed E-state index contributed by atoms with van der Waals surface area (Å²) in [6, 6.07) is 0. The molecule has 0 bridgehead atoms. The van der Waals surface area contributed by atoms with E-state index >= 15 is 0 Å². The maximum atomic E-state index is 5.15. The Labute approximate surface area is 61.9 Å². The van der Waals surface area contributed by atoms with Crippen molar-refractivity contribution >= 4 is 13.9 Å². The predicted octanol–water partition coefficient (Wildman–Crippen LogP) is 1.77. The number of hydrogen-bond acceptors (Lipinski definition) is 0. The molecule has 0 saturated carbocycles. The number of terminal acetylenes is 2. The summed E-state index contributed by atoms with van der Waals surface area (Å²) in [7, 11) is 0. The molecule has 0 fully saturated rings. The van der Waals surface area contributed by atoms with Gasteiger partial charge in [0.15, 0.2) is 0 Å². The summed E-state index contributed by atoms with van der Waals surface area (Å²) in [5.74, 6) is 5.33. The van der Waals surface area contributed by atoms with E-state index in [0.717, 1.165) is 10.6 Å². The summed E-state index contributed by atoms with van der Waals surface area (Å²) in [6.07, 6.45) is 10.3. The van der Waals surface area contributed by atoms with E-state index in [-0.39, 0.29) is 0 Å². The first-order valence-electron chi connectivity index (χ1n) is 2.86. The normalized spacial score (nSPS) is 8.44. The van der Waals surface area contributed by atoms with Crippen LogP contribution in [0.25, 0.3) is 0 Å². The van der Waals surface area contributed by atoms with E-state index in [9.17, 15) is 0 Å². The Morgan fingerprint density at radius 3 is 1.89 bits per heavy atom. The average molecular weight is 186 g/mol. The summed E-state index contributed by atoms with van der Waals surface area (Å²) < 4.78 is 0. The first-order valence-corrected chi connectivity index (χ1v) is 6.49. The predicted molar refractivity (Wildman–Crippen MR) is 43.5 cm³/mol. The molecule has 0 aliphatic carbocycles. The van der Waals surface area contributed by atoms with Crippen molar-refractivity contribution in [3.05, 3.63) is 0 Å². The van der Waals surface area contributed by atoms with Crippen LogP contribution >= 0.6 is 0 Å². The quantitative estimate of drug-likeness (QED) is 0.465. The molecule has 0 rings (SSSR count).